The largest absolute Gasteiger partial charge is 0.480 e. The highest BCUT2D eigenvalue weighted by molar-refractivity contribution is 6.43. The van der Waals surface area contributed by atoms with E-state index >= 15 is 0 Å². The minimum atomic E-state index is -0.676. The monoisotopic (exact) mass is 377 g/mol. The Morgan fingerprint density at radius 3 is 2.26 bits per heavy atom. The number of ether oxygens (including phenoxy) is 2. The number of halogens is 3. The van der Waals surface area contributed by atoms with Gasteiger partial charge in [0, 0.05) is 6.07 Å². The third-order valence-electron chi connectivity index (χ3n) is 2.40. The minimum absolute atomic E-state index is 0.0672. The summed E-state index contributed by atoms with van der Waals surface area (Å²) in [4.78, 5) is 22.8. The molecule has 11 heteroatoms. The zero-order valence-corrected chi connectivity index (χ0v) is 13.7. The number of carbonyl (C=O) groups is 1. The summed E-state index contributed by atoms with van der Waals surface area (Å²) in [6, 6.07) is 2.80. The molecule has 0 atom stereocenters. The van der Waals surface area contributed by atoms with Crippen molar-refractivity contribution in [3.63, 3.8) is 0 Å². The van der Waals surface area contributed by atoms with E-state index in [2.05, 4.69) is 15.0 Å². The quantitative estimate of drug-likeness (QED) is 0.598. The molecule has 1 heterocycles. The summed E-state index contributed by atoms with van der Waals surface area (Å²) >= 11 is 17.5. The van der Waals surface area contributed by atoms with Crippen LogP contribution in [-0.4, -0.2) is 27.5 Å². The molecule has 0 radical (unpaired) electrons. The Hall–Kier alpha value is -2.03. The molecule has 2 rings (SSSR count). The minimum Gasteiger partial charge on any atom is -0.480 e. The van der Waals surface area contributed by atoms with Crippen molar-refractivity contribution in [3.8, 4) is 5.75 Å². The standard InChI is InChI=1S/C12H10Cl3N5O3/c13-5-1-7(15)8(2-6(5)14)22-4-10(21)23-3-9-18-11(16)20-12(17)19-9/h1-2H,3-4H2,(H4,16,17,18,19,20). The maximum absolute atomic E-state index is 11.6. The van der Waals surface area contributed by atoms with Crippen molar-refractivity contribution in [2.24, 2.45) is 0 Å². The molecule has 0 bridgehead atoms. The van der Waals surface area contributed by atoms with Crippen LogP contribution >= 0.6 is 34.8 Å². The topological polar surface area (TPSA) is 126 Å². The molecule has 8 nitrogen and oxygen atoms in total. The van der Waals surface area contributed by atoms with Gasteiger partial charge in [-0.05, 0) is 6.07 Å². The number of anilines is 2. The van der Waals surface area contributed by atoms with E-state index in [9.17, 15) is 4.79 Å². The van der Waals surface area contributed by atoms with Gasteiger partial charge in [-0.25, -0.2) is 4.79 Å². The van der Waals surface area contributed by atoms with E-state index < -0.39 is 12.6 Å². The first-order valence-electron chi connectivity index (χ1n) is 6.04. The predicted octanol–water partition coefficient (Wildman–Crippen LogP) is 2.12. The number of hydrogen-bond acceptors (Lipinski definition) is 8. The Morgan fingerprint density at radius 2 is 1.61 bits per heavy atom. The first-order valence-corrected chi connectivity index (χ1v) is 7.17. The van der Waals surface area contributed by atoms with Crippen molar-refractivity contribution >= 4 is 52.7 Å². The average Bonchev–Trinajstić information content (AvgIpc) is 2.46. The van der Waals surface area contributed by atoms with Crippen LogP contribution in [0.15, 0.2) is 12.1 Å². The van der Waals surface area contributed by atoms with Gasteiger partial charge < -0.3 is 20.9 Å². The Labute approximate surface area is 145 Å². The lowest BCUT2D eigenvalue weighted by molar-refractivity contribution is -0.147. The van der Waals surface area contributed by atoms with E-state index in [1.54, 1.807) is 0 Å². The maximum atomic E-state index is 11.6. The lowest BCUT2D eigenvalue weighted by Gasteiger charge is -2.09. The van der Waals surface area contributed by atoms with Crippen LogP contribution < -0.4 is 16.2 Å². The zero-order valence-electron chi connectivity index (χ0n) is 11.4. The van der Waals surface area contributed by atoms with Gasteiger partial charge in [0.25, 0.3) is 0 Å². The van der Waals surface area contributed by atoms with Crippen LogP contribution in [0.5, 0.6) is 5.75 Å². The number of aromatic nitrogens is 3. The Bertz CT molecular complexity index is 724. The maximum Gasteiger partial charge on any atom is 0.344 e. The average molecular weight is 379 g/mol. The van der Waals surface area contributed by atoms with E-state index in [1.165, 1.54) is 12.1 Å². The molecule has 0 amide bonds. The van der Waals surface area contributed by atoms with Crippen molar-refractivity contribution in [1.29, 1.82) is 0 Å². The predicted molar refractivity (Wildman–Crippen MR) is 85.4 cm³/mol. The highest BCUT2D eigenvalue weighted by Crippen LogP contribution is 2.33. The number of benzene rings is 1. The van der Waals surface area contributed by atoms with Crippen LogP contribution in [0, 0.1) is 0 Å². The molecule has 23 heavy (non-hydrogen) atoms. The number of nitrogens with two attached hydrogens (primary N) is 2. The normalized spacial score (nSPS) is 10.4. The molecule has 0 saturated heterocycles. The molecule has 0 fully saturated rings. The molecular weight excluding hydrogens is 369 g/mol. The fourth-order valence-electron chi connectivity index (χ4n) is 1.46. The summed E-state index contributed by atoms with van der Waals surface area (Å²) in [6.45, 7) is -0.623. The SMILES string of the molecule is Nc1nc(N)nc(COC(=O)COc2cc(Cl)c(Cl)cc2Cl)n1. The highest BCUT2D eigenvalue weighted by Gasteiger charge is 2.11. The molecule has 122 valence electrons. The number of hydrogen-bond donors (Lipinski definition) is 2. The van der Waals surface area contributed by atoms with Gasteiger partial charge >= 0.3 is 5.97 Å². The van der Waals surface area contributed by atoms with E-state index in [4.69, 9.17) is 55.7 Å². The molecule has 1 aromatic heterocycles. The highest BCUT2D eigenvalue weighted by atomic mass is 35.5. The number of nitrogens with zero attached hydrogens (tertiary/aromatic N) is 3. The van der Waals surface area contributed by atoms with E-state index in [1.807, 2.05) is 0 Å². The lowest BCUT2D eigenvalue weighted by Crippen LogP contribution is -2.16. The number of rotatable bonds is 5. The smallest absolute Gasteiger partial charge is 0.344 e. The van der Waals surface area contributed by atoms with Crippen molar-refractivity contribution < 1.29 is 14.3 Å². The van der Waals surface area contributed by atoms with Crippen LogP contribution in [0.25, 0.3) is 0 Å². The van der Waals surface area contributed by atoms with Gasteiger partial charge in [-0.2, -0.15) is 15.0 Å². The Balaban J connectivity index is 1.89. The van der Waals surface area contributed by atoms with Crippen LogP contribution in [0.4, 0.5) is 11.9 Å². The molecule has 0 unspecified atom stereocenters. The van der Waals surface area contributed by atoms with Gasteiger partial charge in [0.2, 0.25) is 11.9 Å². The molecule has 2 aromatic rings. The molecular formula is C12H10Cl3N5O3. The number of nitrogen functional groups attached to an aromatic ring is 2. The van der Waals surface area contributed by atoms with Crippen LogP contribution in [-0.2, 0) is 16.1 Å². The van der Waals surface area contributed by atoms with Gasteiger partial charge in [-0.3, -0.25) is 0 Å². The van der Waals surface area contributed by atoms with Gasteiger partial charge in [-0.1, -0.05) is 34.8 Å². The fraction of sp³-hybridized carbons (Fsp3) is 0.167. The molecule has 4 N–H and O–H groups in total. The number of esters is 1. The zero-order chi connectivity index (χ0) is 17.0. The summed E-state index contributed by atoms with van der Waals surface area (Å²) in [5.41, 5.74) is 10.8. The number of carbonyl (C=O) groups excluding carboxylic acids is 1. The first-order chi connectivity index (χ1) is 10.8. The van der Waals surface area contributed by atoms with Crippen LogP contribution in [0.2, 0.25) is 15.1 Å². The summed E-state index contributed by atoms with van der Waals surface area (Å²) in [5, 5.41) is 0.734. The van der Waals surface area contributed by atoms with Gasteiger partial charge in [0.15, 0.2) is 19.0 Å². The first kappa shape index (κ1) is 17.3. The van der Waals surface area contributed by atoms with Crippen LogP contribution in [0.1, 0.15) is 5.82 Å². The molecule has 1 aromatic carbocycles. The van der Waals surface area contributed by atoms with E-state index in [0.717, 1.165) is 0 Å². The van der Waals surface area contributed by atoms with Gasteiger partial charge in [0.1, 0.15) is 5.75 Å². The second-order valence-corrected chi connectivity index (χ2v) is 5.34. The second-order valence-electron chi connectivity index (χ2n) is 4.11. The molecule has 0 aliphatic heterocycles. The summed E-state index contributed by atoms with van der Waals surface area (Å²) in [7, 11) is 0. The lowest BCUT2D eigenvalue weighted by atomic mass is 10.3. The van der Waals surface area contributed by atoms with E-state index in [-0.39, 0.29) is 45.1 Å². The van der Waals surface area contributed by atoms with Gasteiger partial charge in [-0.15, -0.1) is 0 Å². The molecule has 0 aliphatic carbocycles. The summed E-state index contributed by atoms with van der Waals surface area (Å²) in [5.74, 6) is -0.489. The van der Waals surface area contributed by atoms with Crippen molar-refractivity contribution in [3.05, 3.63) is 33.0 Å². The third-order valence-corrected chi connectivity index (χ3v) is 3.42. The second kappa shape index (κ2) is 7.49. The van der Waals surface area contributed by atoms with Crippen molar-refractivity contribution in [2.45, 2.75) is 6.61 Å². The van der Waals surface area contributed by atoms with Gasteiger partial charge in [0.05, 0.1) is 15.1 Å². The molecule has 0 spiro atoms. The van der Waals surface area contributed by atoms with E-state index in [0.29, 0.717) is 0 Å². The summed E-state index contributed by atoms with van der Waals surface area (Å²) < 4.78 is 10.1. The Morgan fingerprint density at radius 1 is 1.00 bits per heavy atom. The molecule has 0 saturated carbocycles. The third kappa shape index (κ3) is 4.98. The Kier molecular flexibility index (Phi) is 5.64. The van der Waals surface area contributed by atoms with Crippen molar-refractivity contribution in [1.82, 2.24) is 15.0 Å². The fourth-order valence-corrected chi connectivity index (χ4v) is 2.05. The summed E-state index contributed by atoms with van der Waals surface area (Å²) in [6.07, 6.45) is 0. The van der Waals surface area contributed by atoms with Crippen LogP contribution in [0.3, 0.4) is 0 Å². The van der Waals surface area contributed by atoms with Crippen molar-refractivity contribution in [2.75, 3.05) is 18.1 Å². The molecule has 0 aliphatic rings.